The fourth-order valence-corrected chi connectivity index (χ4v) is 4.91. The molecule has 0 spiro atoms. The first-order valence-electron chi connectivity index (χ1n) is 10.0. The minimum absolute atomic E-state index is 0.184. The lowest BCUT2D eigenvalue weighted by atomic mass is 10.1. The van der Waals surface area contributed by atoms with Gasteiger partial charge in [-0.1, -0.05) is 60.1 Å². The smallest absolute Gasteiger partial charge is 0.287 e. The molecule has 3 aromatic carbocycles. The summed E-state index contributed by atoms with van der Waals surface area (Å²) in [7, 11) is 1.84. The number of carbonyl (C=O) groups excluding carboxylic acids is 2. The molecule has 2 aliphatic heterocycles. The van der Waals surface area contributed by atoms with Crippen molar-refractivity contribution in [1.82, 2.24) is 0 Å². The number of anilines is 2. The maximum Gasteiger partial charge on any atom is 0.287 e. The molecule has 2 aliphatic rings. The Hall–Kier alpha value is -3.35. The van der Waals surface area contributed by atoms with E-state index in [0.29, 0.717) is 27.2 Å². The van der Waals surface area contributed by atoms with Crippen molar-refractivity contribution in [2.45, 2.75) is 6.54 Å². The van der Waals surface area contributed by atoms with Gasteiger partial charge in [-0.05, 0) is 47.7 Å². The topological polar surface area (TPSA) is 53.0 Å². The van der Waals surface area contributed by atoms with E-state index in [0.717, 1.165) is 22.5 Å². The highest BCUT2D eigenvalue weighted by Gasteiger charge is 2.39. The van der Waals surface area contributed by atoms with Crippen molar-refractivity contribution in [3.8, 4) is 0 Å². The van der Waals surface area contributed by atoms with Crippen molar-refractivity contribution in [2.24, 2.45) is 4.99 Å². The third-order valence-electron chi connectivity index (χ3n) is 5.42. The van der Waals surface area contributed by atoms with Gasteiger partial charge in [0.1, 0.15) is 0 Å². The monoisotopic (exact) mass is 459 g/mol. The molecule has 0 fully saturated rings. The van der Waals surface area contributed by atoms with Gasteiger partial charge in [0.05, 0.1) is 22.7 Å². The molecule has 0 aliphatic carbocycles. The summed E-state index contributed by atoms with van der Waals surface area (Å²) in [6, 6.07) is 24.7. The molecular weight excluding hydrogens is 442 g/mol. The Morgan fingerprint density at radius 2 is 1.62 bits per heavy atom. The second-order valence-electron chi connectivity index (χ2n) is 7.44. The van der Waals surface area contributed by atoms with E-state index in [1.807, 2.05) is 78.7 Å². The number of amidine groups is 1. The van der Waals surface area contributed by atoms with Crippen molar-refractivity contribution in [2.75, 3.05) is 16.8 Å². The highest BCUT2D eigenvalue weighted by atomic mass is 35.5. The maximum absolute atomic E-state index is 13.5. The molecule has 0 bridgehead atoms. The molecule has 0 radical (unpaired) electrons. The molecule has 0 aromatic heterocycles. The Morgan fingerprint density at radius 1 is 0.938 bits per heavy atom. The van der Waals surface area contributed by atoms with E-state index in [2.05, 4.69) is 4.99 Å². The first kappa shape index (κ1) is 20.5. The molecule has 0 unspecified atom stereocenters. The first-order chi connectivity index (χ1) is 15.5. The van der Waals surface area contributed by atoms with Gasteiger partial charge >= 0.3 is 0 Å². The predicted molar refractivity (Wildman–Crippen MR) is 131 cm³/mol. The number of fused-ring (bicyclic) bond motifs is 1. The molecule has 158 valence electrons. The van der Waals surface area contributed by atoms with E-state index >= 15 is 0 Å². The van der Waals surface area contributed by atoms with Gasteiger partial charge in [-0.3, -0.25) is 9.59 Å². The average molecular weight is 460 g/mol. The lowest BCUT2D eigenvalue weighted by Gasteiger charge is -2.18. The fraction of sp³-hybridized carbons (Fsp3) is 0.0800. The molecule has 2 amide bonds. The van der Waals surface area contributed by atoms with Crippen LogP contribution < -0.4 is 9.80 Å². The van der Waals surface area contributed by atoms with Crippen LogP contribution in [0, 0.1) is 0 Å². The lowest BCUT2D eigenvalue weighted by molar-refractivity contribution is -0.115. The summed E-state index contributed by atoms with van der Waals surface area (Å²) in [6.07, 6.45) is 0. The van der Waals surface area contributed by atoms with Crippen LogP contribution in [-0.4, -0.2) is 24.0 Å². The third-order valence-corrected chi connectivity index (χ3v) is 6.80. The highest BCUT2D eigenvalue weighted by molar-refractivity contribution is 8.19. The lowest BCUT2D eigenvalue weighted by Crippen LogP contribution is -2.26. The van der Waals surface area contributed by atoms with Crippen LogP contribution >= 0.6 is 23.4 Å². The van der Waals surface area contributed by atoms with E-state index in [4.69, 9.17) is 11.6 Å². The molecular formula is C25H18ClN3O2S. The van der Waals surface area contributed by atoms with Crippen molar-refractivity contribution in [3.05, 3.63) is 99.9 Å². The molecule has 0 saturated carbocycles. The number of hydrogen-bond donors (Lipinski definition) is 0. The molecule has 3 aromatic rings. The van der Waals surface area contributed by atoms with Crippen LogP contribution in [0.4, 0.5) is 11.4 Å². The molecule has 5 rings (SSSR count). The number of amides is 2. The zero-order valence-electron chi connectivity index (χ0n) is 17.2. The van der Waals surface area contributed by atoms with Crippen molar-refractivity contribution in [3.63, 3.8) is 0 Å². The summed E-state index contributed by atoms with van der Waals surface area (Å²) < 4.78 is 0. The number of para-hydroxylation sites is 1. The summed E-state index contributed by atoms with van der Waals surface area (Å²) in [5, 5.41) is 1.15. The van der Waals surface area contributed by atoms with Crippen LogP contribution in [0.5, 0.6) is 0 Å². The van der Waals surface area contributed by atoms with Gasteiger partial charge < -0.3 is 9.80 Å². The molecule has 0 saturated heterocycles. The Bertz CT molecular complexity index is 1290. The maximum atomic E-state index is 13.5. The van der Waals surface area contributed by atoms with Gasteiger partial charge in [-0.2, -0.15) is 4.99 Å². The number of carbonyl (C=O) groups is 2. The van der Waals surface area contributed by atoms with Gasteiger partial charge in [0.15, 0.2) is 5.17 Å². The summed E-state index contributed by atoms with van der Waals surface area (Å²) in [5.74, 6) is -0.581. The van der Waals surface area contributed by atoms with Crippen molar-refractivity contribution >= 4 is 57.3 Å². The Labute approximate surface area is 195 Å². The van der Waals surface area contributed by atoms with Gasteiger partial charge in [0.25, 0.3) is 11.8 Å². The highest BCUT2D eigenvalue weighted by Crippen LogP contribution is 2.44. The van der Waals surface area contributed by atoms with Crippen LogP contribution in [0.15, 0.2) is 88.8 Å². The molecule has 32 heavy (non-hydrogen) atoms. The standard InChI is InChI=1S/C25H18ClN3O2S/c1-28(18-13-11-17(26)12-14-18)25-27-23(30)22(32-25)21-19-9-5-6-10-20(19)29(24(21)31)15-16-7-3-2-4-8-16/h2-14H,15H2,1H3/b22-21-. The van der Waals surface area contributed by atoms with E-state index in [1.165, 1.54) is 11.8 Å². The van der Waals surface area contributed by atoms with Gasteiger partial charge in [-0.25, -0.2) is 0 Å². The fourth-order valence-electron chi connectivity index (χ4n) is 3.79. The Balaban J connectivity index is 1.50. The van der Waals surface area contributed by atoms with Crippen molar-refractivity contribution < 1.29 is 9.59 Å². The summed E-state index contributed by atoms with van der Waals surface area (Å²) in [4.78, 5) is 34.5. The SMILES string of the molecule is CN(C1=NC(=O)/C(=C2/C(=O)N(Cc3ccccc3)c3ccccc32)S1)c1ccc(Cl)cc1. The third kappa shape index (κ3) is 3.61. The minimum Gasteiger partial charge on any atom is -0.324 e. The number of benzene rings is 3. The van der Waals surface area contributed by atoms with Crippen LogP contribution in [0.25, 0.3) is 5.57 Å². The van der Waals surface area contributed by atoms with E-state index in [9.17, 15) is 9.59 Å². The molecule has 2 heterocycles. The van der Waals surface area contributed by atoms with Crippen LogP contribution in [-0.2, 0) is 16.1 Å². The van der Waals surface area contributed by atoms with Crippen molar-refractivity contribution in [1.29, 1.82) is 0 Å². The van der Waals surface area contributed by atoms with Gasteiger partial charge in [-0.15, -0.1) is 0 Å². The van der Waals surface area contributed by atoms with Crippen LogP contribution in [0.2, 0.25) is 5.02 Å². The first-order valence-corrected chi connectivity index (χ1v) is 11.2. The summed E-state index contributed by atoms with van der Waals surface area (Å²) in [5.41, 5.74) is 3.84. The molecule has 0 N–H and O–H groups in total. The van der Waals surface area contributed by atoms with Gasteiger partial charge in [0.2, 0.25) is 0 Å². The molecule has 5 nitrogen and oxygen atoms in total. The van der Waals surface area contributed by atoms with Crippen LogP contribution in [0.1, 0.15) is 11.1 Å². The number of hydrogen-bond acceptors (Lipinski definition) is 4. The Morgan fingerprint density at radius 3 is 2.38 bits per heavy atom. The number of rotatable bonds is 3. The average Bonchev–Trinajstić information content (AvgIpc) is 3.32. The Kier molecular flexibility index (Phi) is 5.33. The van der Waals surface area contributed by atoms with E-state index in [-0.39, 0.29) is 5.91 Å². The zero-order valence-corrected chi connectivity index (χ0v) is 18.7. The normalized spacial score (nSPS) is 17.6. The number of aliphatic imine (C=N–C) groups is 1. The molecule has 7 heteroatoms. The zero-order chi connectivity index (χ0) is 22.2. The number of thioether (sulfide) groups is 1. The predicted octanol–water partition coefficient (Wildman–Crippen LogP) is 5.36. The number of halogens is 1. The largest absolute Gasteiger partial charge is 0.324 e. The second kappa shape index (κ2) is 8.30. The summed E-state index contributed by atoms with van der Waals surface area (Å²) in [6.45, 7) is 0.435. The second-order valence-corrected chi connectivity index (χ2v) is 8.85. The molecule has 0 atom stereocenters. The van der Waals surface area contributed by atoms with Gasteiger partial charge in [0, 0.05) is 23.3 Å². The van der Waals surface area contributed by atoms with Crippen LogP contribution in [0.3, 0.4) is 0 Å². The van der Waals surface area contributed by atoms with E-state index < -0.39 is 5.91 Å². The number of nitrogens with zero attached hydrogens (tertiary/aromatic N) is 3. The minimum atomic E-state index is -0.398. The summed E-state index contributed by atoms with van der Waals surface area (Å²) >= 11 is 7.21. The van der Waals surface area contributed by atoms with E-state index in [1.54, 1.807) is 17.0 Å². The quantitative estimate of drug-likeness (QED) is 0.494.